The molecule has 2 unspecified atom stereocenters. The van der Waals surface area contributed by atoms with Gasteiger partial charge in [0.15, 0.2) is 0 Å². The van der Waals surface area contributed by atoms with Crippen molar-refractivity contribution in [1.29, 1.82) is 0 Å². The number of para-hydroxylation sites is 1. The molecule has 6 nitrogen and oxygen atoms in total. The zero-order chi connectivity index (χ0) is 13.3. The zero-order valence-electron chi connectivity index (χ0n) is 9.83. The number of aromatic nitrogens is 1. The highest BCUT2D eigenvalue weighted by molar-refractivity contribution is 5.83. The number of H-pyrrole nitrogens is 1. The zero-order valence-corrected chi connectivity index (χ0v) is 9.83. The predicted molar refractivity (Wildman–Crippen MR) is 65.2 cm³/mol. The van der Waals surface area contributed by atoms with Gasteiger partial charge in [0.1, 0.15) is 12.3 Å². The monoisotopic (exact) mass is 252 g/mol. The summed E-state index contributed by atoms with van der Waals surface area (Å²) in [6, 6.07) is 7.30. The van der Waals surface area contributed by atoms with Crippen molar-refractivity contribution in [2.45, 2.75) is 25.2 Å². The molecule has 0 aliphatic rings. The molecule has 1 aromatic carbocycles. The van der Waals surface area contributed by atoms with E-state index in [1.54, 1.807) is 12.3 Å². The van der Waals surface area contributed by atoms with Gasteiger partial charge in [0.25, 0.3) is 0 Å². The number of fused-ring (bicyclic) bond motifs is 1. The molecule has 0 spiro atoms. The molecule has 0 saturated carbocycles. The average molecular weight is 252 g/mol. The normalized spacial score (nSPS) is 15.8. The van der Waals surface area contributed by atoms with Crippen molar-refractivity contribution in [3.63, 3.8) is 0 Å². The third-order valence-corrected chi connectivity index (χ3v) is 2.66. The molecule has 1 aromatic heterocycles. The second-order valence-electron chi connectivity index (χ2n) is 4.34. The first kappa shape index (κ1) is 13.0. The van der Waals surface area contributed by atoms with Crippen molar-refractivity contribution in [3.8, 4) is 0 Å². The smallest absolute Gasteiger partial charge is 0.221 e. The van der Waals surface area contributed by atoms with Crippen molar-refractivity contribution in [3.05, 3.63) is 36.0 Å². The first-order chi connectivity index (χ1) is 8.38. The van der Waals surface area contributed by atoms with E-state index in [1.165, 1.54) is 0 Å². The van der Waals surface area contributed by atoms with Crippen LogP contribution < -0.4 is 5.32 Å². The maximum atomic E-state index is 9.98. The van der Waals surface area contributed by atoms with E-state index in [-0.39, 0.29) is 0 Å². The van der Waals surface area contributed by atoms with Gasteiger partial charge in [0.05, 0.1) is 0 Å². The molecule has 0 amide bonds. The van der Waals surface area contributed by atoms with Gasteiger partial charge in [-0.3, -0.25) is 0 Å². The van der Waals surface area contributed by atoms with Gasteiger partial charge >= 0.3 is 0 Å². The minimum absolute atomic E-state index is 0.481. The van der Waals surface area contributed by atoms with Crippen LogP contribution in [0.1, 0.15) is 18.6 Å². The summed E-state index contributed by atoms with van der Waals surface area (Å²) in [5, 5.41) is 40.7. The number of aliphatic hydroxyl groups excluding tert-OH is 2. The molecular formula is C12H16N2O4. The fourth-order valence-electron chi connectivity index (χ4n) is 1.87. The second-order valence-corrected chi connectivity index (χ2v) is 4.34. The summed E-state index contributed by atoms with van der Waals surface area (Å²) in [6.45, 7) is 1.05. The molecule has 0 radical (unpaired) electrons. The molecule has 0 bridgehead atoms. The van der Waals surface area contributed by atoms with E-state index in [9.17, 15) is 10.2 Å². The van der Waals surface area contributed by atoms with Crippen LogP contribution in [0.5, 0.6) is 0 Å². The largest absolute Gasteiger partial charge is 0.384 e. The Kier molecular flexibility index (Phi) is 3.38. The lowest BCUT2D eigenvalue weighted by Crippen LogP contribution is -2.50. The van der Waals surface area contributed by atoms with Crippen molar-refractivity contribution in [2.24, 2.45) is 0 Å². The van der Waals surface area contributed by atoms with E-state index in [0.717, 1.165) is 17.8 Å². The number of hydrogen-bond acceptors (Lipinski definition) is 5. The van der Waals surface area contributed by atoms with Crippen LogP contribution in [0.15, 0.2) is 30.5 Å². The molecule has 0 fully saturated rings. The van der Waals surface area contributed by atoms with E-state index in [0.29, 0.717) is 5.56 Å². The Balaban J connectivity index is 2.25. The van der Waals surface area contributed by atoms with Crippen LogP contribution in [0.25, 0.3) is 10.9 Å². The van der Waals surface area contributed by atoms with Gasteiger partial charge in [-0.2, -0.15) is 0 Å². The third-order valence-electron chi connectivity index (χ3n) is 2.66. The predicted octanol–water partition coefficient (Wildman–Crippen LogP) is -0.232. The quantitative estimate of drug-likeness (QED) is 0.421. The second kappa shape index (κ2) is 4.68. The van der Waals surface area contributed by atoms with Crippen LogP contribution >= 0.6 is 0 Å². The van der Waals surface area contributed by atoms with Crippen LogP contribution in [-0.2, 0) is 0 Å². The number of nitrogens with one attached hydrogen (secondary N) is 2. The lowest BCUT2D eigenvalue weighted by Gasteiger charge is -2.25. The van der Waals surface area contributed by atoms with Crippen LogP contribution in [-0.4, -0.2) is 37.5 Å². The van der Waals surface area contributed by atoms with Crippen LogP contribution in [0.3, 0.4) is 0 Å². The Hall–Kier alpha value is -1.44. The highest BCUT2D eigenvalue weighted by Gasteiger charge is 2.27. The van der Waals surface area contributed by atoms with Gasteiger partial charge in [0, 0.05) is 29.6 Å². The average Bonchev–Trinajstić information content (AvgIpc) is 2.69. The number of hydrogen-bond donors (Lipinski definition) is 6. The summed E-state index contributed by atoms with van der Waals surface area (Å²) in [5.74, 6) is -2.26. The molecule has 18 heavy (non-hydrogen) atoms. The molecule has 2 atom stereocenters. The maximum absolute atomic E-state index is 9.98. The number of aromatic amines is 1. The molecule has 0 aliphatic carbocycles. The lowest BCUT2D eigenvalue weighted by atomic mass is 10.1. The molecule has 98 valence electrons. The van der Waals surface area contributed by atoms with Crippen molar-refractivity contribution < 1.29 is 20.4 Å². The standard InChI is InChI=1S/C12H16N2O4/c1-12(17,18)14-11(16)10(15)8-6-13-9-5-3-2-4-7(8)9/h2-6,10-11,13-18H,1H3. The van der Waals surface area contributed by atoms with Crippen molar-refractivity contribution >= 4 is 10.9 Å². The minimum atomic E-state index is -2.26. The third kappa shape index (κ3) is 2.69. The summed E-state index contributed by atoms with van der Waals surface area (Å²) >= 11 is 0. The van der Waals surface area contributed by atoms with Gasteiger partial charge in [-0.25, -0.2) is 5.32 Å². The van der Waals surface area contributed by atoms with Gasteiger partial charge < -0.3 is 25.4 Å². The molecule has 6 N–H and O–H groups in total. The van der Waals surface area contributed by atoms with Gasteiger partial charge in [-0.1, -0.05) is 18.2 Å². The fraction of sp³-hybridized carbons (Fsp3) is 0.333. The number of benzene rings is 1. The molecule has 6 heteroatoms. The Morgan fingerprint density at radius 3 is 2.56 bits per heavy atom. The molecule has 0 aliphatic heterocycles. The fourth-order valence-corrected chi connectivity index (χ4v) is 1.87. The first-order valence-electron chi connectivity index (χ1n) is 5.53. The summed E-state index contributed by atoms with van der Waals surface area (Å²) in [6.07, 6.45) is -1.20. The summed E-state index contributed by atoms with van der Waals surface area (Å²) < 4.78 is 0. The molecular weight excluding hydrogens is 236 g/mol. The van der Waals surface area contributed by atoms with Gasteiger partial charge in [0.2, 0.25) is 5.91 Å². The van der Waals surface area contributed by atoms with Crippen molar-refractivity contribution in [2.75, 3.05) is 0 Å². The Morgan fingerprint density at radius 2 is 1.89 bits per heavy atom. The van der Waals surface area contributed by atoms with E-state index in [2.05, 4.69) is 10.3 Å². The van der Waals surface area contributed by atoms with Crippen LogP contribution in [0.4, 0.5) is 0 Å². The van der Waals surface area contributed by atoms with Crippen LogP contribution in [0.2, 0.25) is 0 Å². The maximum Gasteiger partial charge on any atom is 0.221 e. The minimum Gasteiger partial charge on any atom is -0.384 e. The number of rotatable bonds is 4. The number of aliphatic hydroxyl groups is 4. The summed E-state index contributed by atoms with van der Waals surface area (Å²) in [7, 11) is 0. The Labute approximate surface area is 104 Å². The van der Waals surface area contributed by atoms with Gasteiger partial charge in [-0.15, -0.1) is 0 Å². The summed E-state index contributed by atoms with van der Waals surface area (Å²) in [4.78, 5) is 2.96. The van der Waals surface area contributed by atoms with E-state index in [4.69, 9.17) is 10.2 Å². The molecule has 1 heterocycles. The lowest BCUT2D eigenvalue weighted by molar-refractivity contribution is -0.203. The first-order valence-corrected chi connectivity index (χ1v) is 5.53. The van der Waals surface area contributed by atoms with Gasteiger partial charge in [-0.05, 0) is 6.07 Å². The Morgan fingerprint density at radius 1 is 1.22 bits per heavy atom. The van der Waals surface area contributed by atoms with Crippen LogP contribution in [0, 0.1) is 0 Å². The molecule has 2 rings (SSSR count). The van der Waals surface area contributed by atoms with E-state index < -0.39 is 18.2 Å². The molecule has 2 aromatic rings. The summed E-state index contributed by atoms with van der Waals surface area (Å²) in [5.41, 5.74) is 1.31. The molecule has 0 saturated heterocycles. The van der Waals surface area contributed by atoms with E-state index in [1.807, 2.05) is 18.2 Å². The highest BCUT2D eigenvalue weighted by atomic mass is 16.5. The highest BCUT2D eigenvalue weighted by Crippen LogP contribution is 2.25. The van der Waals surface area contributed by atoms with E-state index >= 15 is 0 Å². The topological polar surface area (TPSA) is 109 Å². The van der Waals surface area contributed by atoms with Crippen molar-refractivity contribution in [1.82, 2.24) is 10.3 Å². The SMILES string of the molecule is CC(O)(O)NC(O)C(O)c1c[nH]c2ccccc12. The Bertz CT molecular complexity index is 532.